The monoisotopic (exact) mass is 290 g/mol. The summed E-state index contributed by atoms with van der Waals surface area (Å²) < 4.78 is 13.2. The van der Waals surface area contributed by atoms with E-state index in [1.165, 1.54) is 18.2 Å². The fourth-order valence-electron chi connectivity index (χ4n) is 2.47. The van der Waals surface area contributed by atoms with Crippen LogP contribution in [0.5, 0.6) is 0 Å². The van der Waals surface area contributed by atoms with Gasteiger partial charge >= 0.3 is 0 Å². The van der Waals surface area contributed by atoms with Crippen LogP contribution in [0.25, 0.3) is 0 Å². The van der Waals surface area contributed by atoms with Crippen LogP contribution in [0.1, 0.15) is 15.9 Å². The summed E-state index contributed by atoms with van der Waals surface area (Å²) >= 11 is 5.73. The molecule has 0 spiro atoms. The second-order valence-corrected chi connectivity index (χ2v) is 5.10. The Morgan fingerprint density at radius 3 is 2.85 bits per heavy atom. The number of nitrogens with zero attached hydrogens (tertiary/aromatic N) is 1. The van der Waals surface area contributed by atoms with Crippen LogP contribution in [0, 0.1) is 5.82 Å². The molecular formula is C15H12ClFN2O. The highest BCUT2D eigenvalue weighted by molar-refractivity contribution is 6.31. The molecule has 2 aromatic rings. The molecule has 0 bridgehead atoms. The largest absolute Gasteiger partial charge is 0.397 e. The summed E-state index contributed by atoms with van der Waals surface area (Å²) in [6.07, 6.45) is 0.765. The first-order valence-corrected chi connectivity index (χ1v) is 6.60. The Labute approximate surface area is 120 Å². The van der Waals surface area contributed by atoms with E-state index in [1.54, 1.807) is 11.0 Å². The van der Waals surface area contributed by atoms with Crippen molar-refractivity contribution in [2.45, 2.75) is 6.42 Å². The number of benzene rings is 2. The van der Waals surface area contributed by atoms with E-state index in [1.807, 2.05) is 12.1 Å². The molecule has 0 aliphatic carbocycles. The first kappa shape index (κ1) is 12.9. The molecule has 0 saturated carbocycles. The van der Waals surface area contributed by atoms with Crippen LogP contribution < -0.4 is 10.6 Å². The zero-order valence-electron chi connectivity index (χ0n) is 10.6. The summed E-state index contributed by atoms with van der Waals surface area (Å²) in [6.45, 7) is 0.567. The van der Waals surface area contributed by atoms with Crippen molar-refractivity contribution in [1.29, 1.82) is 0 Å². The standard InChI is InChI=1S/C15H12ClFN2O/c16-11-8-10(4-5-12(11)17)15(20)19-7-6-9-2-1-3-13(18)14(9)19/h1-5,8H,6-7,18H2. The van der Waals surface area contributed by atoms with Crippen molar-refractivity contribution in [2.75, 3.05) is 17.2 Å². The number of rotatable bonds is 1. The van der Waals surface area contributed by atoms with Gasteiger partial charge in [-0.15, -0.1) is 0 Å². The summed E-state index contributed by atoms with van der Waals surface area (Å²) in [5.41, 5.74) is 8.67. The Morgan fingerprint density at radius 1 is 1.30 bits per heavy atom. The number of carbonyl (C=O) groups excluding carboxylic acids is 1. The third-order valence-corrected chi connectivity index (χ3v) is 3.73. The molecule has 0 aromatic heterocycles. The number of halogens is 2. The molecule has 0 unspecified atom stereocenters. The Bertz CT molecular complexity index is 702. The first-order valence-electron chi connectivity index (χ1n) is 6.22. The van der Waals surface area contributed by atoms with E-state index in [2.05, 4.69) is 0 Å². The van der Waals surface area contributed by atoms with Crippen molar-refractivity contribution in [2.24, 2.45) is 0 Å². The lowest BCUT2D eigenvalue weighted by Gasteiger charge is -2.19. The first-order chi connectivity index (χ1) is 9.58. The highest BCUT2D eigenvalue weighted by Gasteiger charge is 2.27. The van der Waals surface area contributed by atoms with Crippen LogP contribution in [0.3, 0.4) is 0 Å². The molecule has 1 aliphatic heterocycles. The second-order valence-electron chi connectivity index (χ2n) is 4.69. The third-order valence-electron chi connectivity index (χ3n) is 3.44. The van der Waals surface area contributed by atoms with Crippen LogP contribution in [-0.2, 0) is 6.42 Å². The summed E-state index contributed by atoms with van der Waals surface area (Å²) in [5.74, 6) is -0.756. The highest BCUT2D eigenvalue weighted by atomic mass is 35.5. The van der Waals surface area contributed by atoms with Gasteiger partial charge in [-0.05, 0) is 36.2 Å². The number of anilines is 2. The molecule has 2 N–H and O–H groups in total. The number of hydrogen-bond acceptors (Lipinski definition) is 2. The van der Waals surface area contributed by atoms with Gasteiger partial charge in [0.15, 0.2) is 0 Å². The summed E-state index contributed by atoms with van der Waals surface area (Å²) in [7, 11) is 0. The minimum absolute atomic E-state index is 0.0590. The van der Waals surface area contributed by atoms with E-state index < -0.39 is 5.82 Å². The maximum Gasteiger partial charge on any atom is 0.258 e. The molecule has 3 rings (SSSR count). The lowest BCUT2D eigenvalue weighted by Crippen LogP contribution is -2.29. The van der Waals surface area contributed by atoms with E-state index in [0.29, 0.717) is 17.8 Å². The predicted molar refractivity (Wildman–Crippen MR) is 77.6 cm³/mol. The van der Waals surface area contributed by atoms with E-state index in [9.17, 15) is 9.18 Å². The highest BCUT2D eigenvalue weighted by Crippen LogP contribution is 2.34. The number of fused-ring (bicyclic) bond motifs is 1. The van der Waals surface area contributed by atoms with Gasteiger partial charge in [0.25, 0.3) is 5.91 Å². The molecule has 1 heterocycles. The lowest BCUT2D eigenvalue weighted by atomic mass is 10.1. The molecule has 0 atom stereocenters. The van der Waals surface area contributed by atoms with Crippen LogP contribution in [0.2, 0.25) is 5.02 Å². The van der Waals surface area contributed by atoms with Crippen LogP contribution in [0.15, 0.2) is 36.4 Å². The smallest absolute Gasteiger partial charge is 0.258 e. The van der Waals surface area contributed by atoms with Crippen LogP contribution >= 0.6 is 11.6 Å². The molecule has 0 fully saturated rings. The Kier molecular flexibility index (Phi) is 3.10. The maximum atomic E-state index is 13.2. The van der Waals surface area contributed by atoms with Crippen molar-refractivity contribution in [3.8, 4) is 0 Å². The summed E-state index contributed by atoms with van der Waals surface area (Å²) in [5, 5.41) is -0.0590. The van der Waals surface area contributed by atoms with E-state index in [-0.39, 0.29) is 10.9 Å². The fraction of sp³-hybridized carbons (Fsp3) is 0.133. The number of carbonyl (C=O) groups is 1. The van der Waals surface area contributed by atoms with Gasteiger partial charge in [0.1, 0.15) is 5.82 Å². The molecule has 1 amide bonds. The third kappa shape index (κ3) is 2.02. The number of nitrogens with two attached hydrogens (primary N) is 1. The van der Waals surface area contributed by atoms with Gasteiger partial charge in [0.05, 0.1) is 16.4 Å². The van der Waals surface area contributed by atoms with Gasteiger partial charge in [-0.25, -0.2) is 4.39 Å². The van der Waals surface area contributed by atoms with Crippen molar-refractivity contribution < 1.29 is 9.18 Å². The number of amides is 1. The normalized spacial score (nSPS) is 13.4. The molecule has 1 aliphatic rings. The average Bonchev–Trinajstić information content (AvgIpc) is 2.86. The molecule has 102 valence electrons. The fourth-order valence-corrected chi connectivity index (χ4v) is 2.65. The summed E-state index contributed by atoms with van der Waals surface area (Å²) in [4.78, 5) is 14.1. The van der Waals surface area contributed by atoms with Crippen molar-refractivity contribution in [3.63, 3.8) is 0 Å². The Balaban J connectivity index is 1.99. The van der Waals surface area contributed by atoms with Crippen molar-refractivity contribution in [3.05, 3.63) is 58.4 Å². The topological polar surface area (TPSA) is 46.3 Å². The van der Waals surface area contributed by atoms with Crippen molar-refractivity contribution in [1.82, 2.24) is 0 Å². The molecule has 20 heavy (non-hydrogen) atoms. The molecule has 3 nitrogen and oxygen atoms in total. The zero-order chi connectivity index (χ0) is 14.3. The quantitative estimate of drug-likeness (QED) is 0.819. The Hall–Kier alpha value is -2.07. The minimum atomic E-state index is -0.537. The average molecular weight is 291 g/mol. The number of hydrogen-bond donors (Lipinski definition) is 1. The zero-order valence-corrected chi connectivity index (χ0v) is 11.3. The molecular weight excluding hydrogens is 279 g/mol. The second kappa shape index (κ2) is 4.80. The van der Waals surface area contributed by atoms with Gasteiger partial charge in [0, 0.05) is 12.1 Å². The van der Waals surface area contributed by atoms with E-state index >= 15 is 0 Å². The maximum absolute atomic E-state index is 13.2. The van der Waals surface area contributed by atoms with E-state index in [0.717, 1.165) is 17.7 Å². The molecule has 2 aromatic carbocycles. The van der Waals surface area contributed by atoms with Crippen LogP contribution in [0.4, 0.5) is 15.8 Å². The Morgan fingerprint density at radius 2 is 2.10 bits per heavy atom. The van der Waals surface area contributed by atoms with Gasteiger partial charge in [-0.3, -0.25) is 4.79 Å². The van der Waals surface area contributed by atoms with Gasteiger partial charge in [-0.1, -0.05) is 23.7 Å². The van der Waals surface area contributed by atoms with Crippen LogP contribution in [-0.4, -0.2) is 12.5 Å². The molecule has 5 heteroatoms. The summed E-state index contributed by atoms with van der Waals surface area (Å²) in [6, 6.07) is 9.56. The van der Waals surface area contributed by atoms with E-state index in [4.69, 9.17) is 17.3 Å². The molecule has 0 saturated heterocycles. The van der Waals surface area contributed by atoms with Gasteiger partial charge in [-0.2, -0.15) is 0 Å². The number of para-hydroxylation sites is 1. The SMILES string of the molecule is Nc1cccc2c1N(C(=O)c1ccc(F)c(Cl)c1)CC2. The minimum Gasteiger partial charge on any atom is -0.397 e. The van der Waals surface area contributed by atoms with Gasteiger partial charge in [0.2, 0.25) is 0 Å². The lowest BCUT2D eigenvalue weighted by molar-refractivity contribution is 0.0989. The van der Waals surface area contributed by atoms with Crippen molar-refractivity contribution >= 4 is 28.9 Å². The number of nitrogen functional groups attached to an aromatic ring is 1. The molecule has 0 radical (unpaired) electrons. The van der Waals surface area contributed by atoms with Gasteiger partial charge < -0.3 is 10.6 Å². The predicted octanol–water partition coefficient (Wildman–Crippen LogP) is 3.26.